The van der Waals surface area contributed by atoms with Crippen LogP contribution in [0.3, 0.4) is 0 Å². The molecule has 0 radical (unpaired) electrons. The van der Waals surface area contributed by atoms with Gasteiger partial charge in [-0.3, -0.25) is 4.79 Å². The van der Waals surface area contributed by atoms with Crippen LogP contribution < -0.4 is 5.32 Å². The van der Waals surface area contributed by atoms with Crippen molar-refractivity contribution in [2.24, 2.45) is 0 Å². The Morgan fingerprint density at radius 1 is 1.29 bits per heavy atom. The van der Waals surface area contributed by atoms with Gasteiger partial charge in [0.05, 0.1) is 11.7 Å². The highest BCUT2D eigenvalue weighted by molar-refractivity contribution is 5.80. The zero-order chi connectivity index (χ0) is 17.5. The lowest BCUT2D eigenvalue weighted by Gasteiger charge is -2.26. The van der Waals surface area contributed by atoms with Crippen LogP contribution in [0, 0.1) is 11.6 Å². The van der Waals surface area contributed by atoms with E-state index in [2.05, 4.69) is 5.32 Å². The highest BCUT2D eigenvalue weighted by Gasteiger charge is 2.25. The molecular formula is C18H25F2NO3. The minimum absolute atomic E-state index is 0.0865. The van der Waals surface area contributed by atoms with Gasteiger partial charge in [-0.25, -0.2) is 8.78 Å². The van der Waals surface area contributed by atoms with Gasteiger partial charge in [0.25, 0.3) is 0 Å². The van der Waals surface area contributed by atoms with Gasteiger partial charge in [-0.05, 0) is 31.4 Å². The van der Waals surface area contributed by atoms with E-state index < -0.39 is 29.4 Å². The molecule has 4 nitrogen and oxygen atoms in total. The Bertz CT molecular complexity index is 527. The fourth-order valence-corrected chi connectivity index (χ4v) is 3.02. The summed E-state index contributed by atoms with van der Waals surface area (Å²) in [6.45, 7) is 1.58. The van der Waals surface area contributed by atoms with E-state index in [9.17, 15) is 18.7 Å². The van der Waals surface area contributed by atoms with Crippen LogP contribution in [0.1, 0.15) is 57.1 Å². The predicted octanol–water partition coefficient (Wildman–Crippen LogP) is 3.24. The summed E-state index contributed by atoms with van der Waals surface area (Å²) < 4.78 is 33.1. The Hall–Kier alpha value is -1.53. The Labute approximate surface area is 141 Å². The number of hydrogen-bond donors (Lipinski definition) is 2. The number of carbonyl (C=O) groups excluding carboxylic acids is 1. The highest BCUT2D eigenvalue weighted by Crippen LogP contribution is 2.23. The molecular weight excluding hydrogens is 316 g/mol. The van der Waals surface area contributed by atoms with Gasteiger partial charge in [0.15, 0.2) is 0 Å². The van der Waals surface area contributed by atoms with E-state index in [-0.39, 0.29) is 18.6 Å². The largest absolute Gasteiger partial charge is 0.386 e. The molecule has 2 atom stereocenters. The molecule has 6 heteroatoms. The van der Waals surface area contributed by atoms with Gasteiger partial charge >= 0.3 is 0 Å². The molecule has 2 unspecified atom stereocenters. The van der Waals surface area contributed by atoms with Crippen molar-refractivity contribution < 1.29 is 23.4 Å². The minimum Gasteiger partial charge on any atom is -0.386 e. The van der Waals surface area contributed by atoms with Crippen molar-refractivity contribution in [3.8, 4) is 0 Å². The molecule has 1 aliphatic carbocycles. The van der Waals surface area contributed by atoms with Gasteiger partial charge in [0.1, 0.15) is 23.8 Å². The molecule has 0 heterocycles. The number of hydrogen-bond acceptors (Lipinski definition) is 3. The van der Waals surface area contributed by atoms with E-state index in [0.717, 1.165) is 37.8 Å². The number of nitrogens with one attached hydrogen (secondary N) is 1. The monoisotopic (exact) mass is 341 g/mol. The SMILES string of the molecule is CCC(OC1CCCCC1)C(=O)NCC(O)c1c(F)cccc1F. The third-order valence-electron chi connectivity index (χ3n) is 4.37. The summed E-state index contributed by atoms with van der Waals surface area (Å²) in [5.74, 6) is -2.02. The third-order valence-corrected chi connectivity index (χ3v) is 4.37. The van der Waals surface area contributed by atoms with E-state index in [1.807, 2.05) is 6.92 Å². The lowest BCUT2D eigenvalue weighted by atomic mass is 9.97. The maximum atomic E-state index is 13.6. The number of amides is 1. The Morgan fingerprint density at radius 3 is 2.50 bits per heavy atom. The van der Waals surface area contributed by atoms with Crippen molar-refractivity contribution in [2.45, 2.75) is 63.8 Å². The Morgan fingerprint density at radius 2 is 1.92 bits per heavy atom. The van der Waals surface area contributed by atoms with Crippen molar-refractivity contribution in [3.05, 3.63) is 35.4 Å². The molecule has 0 aliphatic heterocycles. The molecule has 0 aromatic heterocycles. The first-order chi connectivity index (χ1) is 11.5. The molecule has 2 rings (SSSR count). The maximum Gasteiger partial charge on any atom is 0.249 e. The average Bonchev–Trinajstić information content (AvgIpc) is 2.58. The van der Waals surface area contributed by atoms with E-state index in [0.29, 0.717) is 6.42 Å². The second kappa shape index (κ2) is 9.08. The number of aliphatic hydroxyl groups is 1. The second-order valence-electron chi connectivity index (χ2n) is 6.19. The van der Waals surface area contributed by atoms with Crippen LogP contribution in [0.4, 0.5) is 8.78 Å². The molecule has 1 saturated carbocycles. The van der Waals surface area contributed by atoms with Crippen molar-refractivity contribution in [1.82, 2.24) is 5.32 Å². The Balaban J connectivity index is 1.88. The molecule has 0 bridgehead atoms. The van der Waals surface area contributed by atoms with E-state index in [1.165, 1.54) is 12.5 Å². The first-order valence-electron chi connectivity index (χ1n) is 8.58. The lowest BCUT2D eigenvalue weighted by Crippen LogP contribution is -2.40. The Kier molecular flexibility index (Phi) is 7.12. The van der Waals surface area contributed by atoms with Crippen LogP contribution in [0.2, 0.25) is 0 Å². The normalized spacial score (nSPS) is 18.2. The van der Waals surface area contributed by atoms with E-state index in [1.54, 1.807) is 0 Å². The standard InChI is InChI=1S/C18H25F2NO3/c1-2-16(24-12-7-4-3-5-8-12)18(23)21-11-15(22)17-13(19)9-6-10-14(17)20/h6,9-10,12,15-16,22H,2-5,7-8,11H2,1H3,(H,21,23). The van der Waals surface area contributed by atoms with Crippen LogP contribution in [-0.2, 0) is 9.53 Å². The lowest BCUT2D eigenvalue weighted by molar-refractivity contribution is -0.138. The summed E-state index contributed by atoms with van der Waals surface area (Å²) >= 11 is 0. The van der Waals surface area contributed by atoms with Crippen LogP contribution >= 0.6 is 0 Å². The molecule has 1 aromatic carbocycles. The van der Waals surface area contributed by atoms with Gasteiger partial charge in [0.2, 0.25) is 5.91 Å². The molecule has 1 aromatic rings. The summed E-state index contributed by atoms with van der Waals surface area (Å²) in [6.07, 6.45) is 3.86. The van der Waals surface area contributed by atoms with Crippen LogP contribution in [0.15, 0.2) is 18.2 Å². The fraction of sp³-hybridized carbons (Fsp3) is 0.611. The van der Waals surface area contributed by atoms with E-state index in [4.69, 9.17) is 4.74 Å². The zero-order valence-electron chi connectivity index (χ0n) is 13.9. The first-order valence-corrected chi connectivity index (χ1v) is 8.58. The smallest absolute Gasteiger partial charge is 0.249 e. The van der Waals surface area contributed by atoms with Crippen LogP contribution in [0.25, 0.3) is 0 Å². The van der Waals surface area contributed by atoms with Gasteiger partial charge in [0, 0.05) is 6.54 Å². The van der Waals surface area contributed by atoms with Crippen molar-refractivity contribution in [3.63, 3.8) is 0 Å². The van der Waals surface area contributed by atoms with E-state index >= 15 is 0 Å². The number of aliphatic hydroxyl groups excluding tert-OH is 1. The predicted molar refractivity (Wildman–Crippen MR) is 86.4 cm³/mol. The highest BCUT2D eigenvalue weighted by atomic mass is 19.1. The molecule has 1 fully saturated rings. The molecule has 0 spiro atoms. The zero-order valence-corrected chi connectivity index (χ0v) is 13.9. The maximum absolute atomic E-state index is 13.6. The van der Waals surface area contributed by atoms with Gasteiger partial charge in [-0.2, -0.15) is 0 Å². The number of benzene rings is 1. The second-order valence-corrected chi connectivity index (χ2v) is 6.19. The van der Waals surface area contributed by atoms with Crippen LogP contribution in [0.5, 0.6) is 0 Å². The van der Waals surface area contributed by atoms with Crippen molar-refractivity contribution >= 4 is 5.91 Å². The van der Waals surface area contributed by atoms with Crippen molar-refractivity contribution in [2.75, 3.05) is 6.54 Å². The summed E-state index contributed by atoms with van der Waals surface area (Å²) in [5.41, 5.74) is -0.431. The number of ether oxygens (including phenoxy) is 1. The first kappa shape index (κ1) is 18.8. The van der Waals surface area contributed by atoms with Crippen molar-refractivity contribution in [1.29, 1.82) is 0 Å². The number of rotatable bonds is 7. The summed E-state index contributed by atoms with van der Waals surface area (Å²) in [6, 6.07) is 3.37. The molecule has 2 N–H and O–H groups in total. The molecule has 24 heavy (non-hydrogen) atoms. The third kappa shape index (κ3) is 4.98. The summed E-state index contributed by atoms with van der Waals surface area (Å²) in [7, 11) is 0. The number of halogens is 2. The van der Waals surface area contributed by atoms with Crippen LogP contribution in [-0.4, -0.2) is 29.8 Å². The molecule has 1 aliphatic rings. The van der Waals surface area contributed by atoms with Gasteiger partial charge in [-0.15, -0.1) is 0 Å². The fourth-order valence-electron chi connectivity index (χ4n) is 3.02. The quantitative estimate of drug-likeness (QED) is 0.800. The molecule has 134 valence electrons. The summed E-state index contributed by atoms with van der Waals surface area (Å²) in [5, 5.41) is 12.5. The topological polar surface area (TPSA) is 58.6 Å². The summed E-state index contributed by atoms with van der Waals surface area (Å²) in [4.78, 5) is 12.2. The average molecular weight is 341 g/mol. The molecule has 0 saturated heterocycles. The molecule has 1 amide bonds. The van der Waals surface area contributed by atoms with Gasteiger partial charge < -0.3 is 15.2 Å². The minimum atomic E-state index is -1.44. The number of carbonyl (C=O) groups is 1. The van der Waals surface area contributed by atoms with Gasteiger partial charge in [-0.1, -0.05) is 32.3 Å².